The summed E-state index contributed by atoms with van der Waals surface area (Å²) in [5.74, 6) is 3.60. The van der Waals surface area contributed by atoms with Crippen molar-refractivity contribution in [2.45, 2.75) is 19.3 Å². The Balaban J connectivity index is 2.18. The monoisotopic (exact) mass is 186 g/mol. The van der Waals surface area contributed by atoms with Crippen LogP contribution in [0.15, 0.2) is 18.2 Å². The fraction of sp³-hybridized carbons (Fsp3) is 0.417. The molecule has 0 saturated carbocycles. The Hall–Kier alpha value is -1.49. The number of hydrogen-bond donors (Lipinski definition) is 0. The maximum absolute atomic E-state index is 5.32. The van der Waals surface area contributed by atoms with E-state index in [-0.39, 0.29) is 0 Å². The Bertz CT molecular complexity index is 346. The van der Waals surface area contributed by atoms with Gasteiger partial charge in [-0.3, -0.25) is 0 Å². The van der Waals surface area contributed by atoms with Gasteiger partial charge in [0.15, 0.2) is 0 Å². The average molecular weight is 186 g/mol. The zero-order chi connectivity index (χ0) is 9.80. The van der Waals surface area contributed by atoms with Gasteiger partial charge in [0.2, 0.25) is 0 Å². The molecule has 0 unspecified atom stereocenters. The number of rotatable bonds is 1. The summed E-state index contributed by atoms with van der Waals surface area (Å²) in [5, 5.41) is 0. The molecule has 2 rings (SSSR count). The lowest BCUT2D eigenvalue weighted by Crippen LogP contribution is -2.30. The third kappa shape index (κ3) is 1.88. The zero-order valence-corrected chi connectivity index (χ0v) is 8.24. The van der Waals surface area contributed by atoms with Crippen molar-refractivity contribution < 1.29 is 0 Å². The third-order valence-corrected chi connectivity index (χ3v) is 2.56. The predicted molar refractivity (Wildman–Crippen MR) is 58.2 cm³/mol. The molecule has 1 aliphatic heterocycles. The summed E-state index contributed by atoms with van der Waals surface area (Å²) >= 11 is 0. The molecule has 1 fully saturated rings. The molecular formula is C12H14N2. The number of nitrogens with zero attached hydrogens (tertiary/aromatic N) is 2. The van der Waals surface area contributed by atoms with E-state index >= 15 is 0 Å². The number of pyridine rings is 1. The Morgan fingerprint density at radius 1 is 1.21 bits per heavy atom. The van der Waals surface area contributed by atoms with E-state index in [1.54, 1.807) is 0 Å². The molecule has 1 aromatic rings. The van der Waals surface area contributed by atoms with E-state index in [1.165, 1.54) is 19.3 Å². The van der Waals surface area contributed by atoms with Crippen molar-refractivity contribution in [3.8, 4) is 12.3 Å². The minimum Gasteiger partial charge on any atom is -0.357 e. The Labute approximate surface area is 85.0 Å². The van der Waals surface area contributed by atoms with Crippen LogP contribution in [0, 0.1) is 12.3 Å². The molecule has 0 bridgehead atoms. The predicted octanol–water partition coefficient (Wildman–Crippen LogP) is 2.05. The highest BCUT2D eigenvalue weighted by molar-refractivity contribution is 5.42. The van der Waals surface area contributed by atoms with Crippen LogP contribution < -0.4 is 4.90 Å². The van der Waals surface area contributed by atoms with E-state index in [4.69, 9.17) is 6.42 Å². The quantitative estimate of drug-likeness (QED) is 0.624. The SMILES string of the molecule is C#Cc1cccc(N2CCCCC2)n1. The van der Waals surface area contributed by atoms with Crippen molar-refractivity contribution in [2.24, 2.45) is 0 Å². The Morgan fingerprint density at radius 2 is 2.00 bits per heavy atom. The topological polar surface area (TPSA) is 16.1 Å². The molecule has 0 spiro atoms. The van der Waals surface area contributed by atoms with Gasteiger partial charge < -0.3 is 4.90 Å². The highest BCUT2D eigenvalue weighted by Gasteiger charge is 2.11. The van der Waals surface area contributed by atoms with Crippen molar-refractivity contribution in [1.29, 1.82) is 0 Å². The first-order chi connectivity index (χ1) is 6.90. The lowest BCUT2D eigenvalue weighted by molar-refractivity contribution is 0.573. The molecule has 2 heterocycles. The van der Waals surface area contributed by atoms with Gasteiger partial charge in [-0.05, 0) is 31.4 Å². The zero-order valence-electron chi connectivity index (χ0n) is 8.24. The molecule has 0 aromatic carbocycles. The van der Waals surface area contributed by atoms with Crippen LogP contribution in [0.2, 0.25) is 0 Å². The number of hydrogen-bond acceptors (Lipinski definition) is 2. The van der Waals surface area contributed by atoms with Crippen LogP contribution in [-0.2, 0) is 0 Å². The molecule has 0 radical (unpaired) electrons. The van der Waals surface area contributed by atoms with Gasteiger partial charge in [-0.25, -0.2) is 4.98 Å². The molecule has 0 N–H and O–H groups in total. The molecule has 2 heteroatoms. The minimum absolute atomic E-state index is 0.730. The van der Waals surface area contributed by atoms with Crippen LogP contribution in [0.5, 0.6) is 0 Å². The molecule has 0 amide bonds. The molecule has 14 heavy (non-hydrogen) atoms. The van der Waals surface area contributed by atoms with Gasteiger partial charge in [0.05, 0.1) is 0 Å². The van der Waals surface area contributed by atoms with Gasteiger partial charge in [0.25, 0.3) is 0 Å². The van der Waals surface area contributed by atoms with Gasteiger partial charge in [-0.15, -0.1) is 6.42 Å². The average Bonchev–Trinajstić information content (AvgIpc) is 2.30. The summed E-state index contributed by atoms with van der Waals surface area (Å²) in [6, 6.07) is 5.88. The number of piperidine rings is 1. The lowest BCUT2D eigenvalue weighted by Gasteiger charge is -2.27. The van der Waals surface area contributed by atoms with Gasteiger partial charge in [0.1, 0.15) is 11.5 Å². The van der Waals surface area contributed by atoms with Gasteiger partial charge in [-0.2, -0.15) is 0 Å². The summed E-state index contributed by atoms with van der Waals surface area (Å²) in [6.07, 6.45) is 9.19. The number of terminal acetylenes is 1. The molecule has 0 aliphatic carbocycles. The fourth-order valence-corrected chi connectivity index (χ4v) is 1.80. The second-order valence-electron chi connectivity index (χ2n) is 3.57. The highest BCUT2D eigenvalue weighted by Crippen LogP contribution is 2.17. The fourth-order valence-electron chi connectivity index (χ4n) is 1.80. The van der Waals surface area contributed by atoms with Crippen molar-refractivity contribution in [3.05, 3.63) is 23.9 Å². The van der Waals surface area contributed by atoms with E-state index in [0.29, 0.717) is 0 Å². The first-order valence-corrected chi connectivity index (χ1v) is 5.09. The highest BCUT2D eigenvalue weighted by atomic mass is 15.2. The van der Waals surface area contributed by atoms with Gasteiger partial charge in [-0.1, -0.05) is 12.0 Å². The van der Waals surface area contributed by atoms with E-state index in [0.717, 1.165) is 24.6 Å². The summed E-state index contributed by atoms with van der Waals surface area (Å²) < 4.78 is 0. The van der Waals surface area contributed by atoms with Crippen molar-refractivity contribution in [1.82, 2.24) is 4.98 Å². The first kappa shape index (κ1) is 9.08. The van der Waals surface area contributed by atoms with Crippen molar-refractivity contribution >= 4 is 5.82 Å². The van der Waals surface area contributed by atoms with Crippen LogP contribution in [0.4, 0.5) is 5.82 Å². The van der Waals surface area contributed by atoms with Crippen LogP contribution in [-0.4, -0.2) is 18.1 Å². The third-order valence-electron chi connectivity index (χ3n) is 2.56. The largest absolute Gasteiger partial charge is 0.357 e. The number of anilines is 1. The maximum atomic E-state index is 5.32. The van der Waals surface area contributed by atoms with E-state index in [2.05, 4.69) is 15.8 Å². The van der Waals surface area contributed by atoms with Crippen molar-refractivity contribution in [3.63, 3.8) is 0 Å². The lowest BCUT2D eigenvalue weighted by atomic mass is 10.1. The van der Waals surface area contributed by atoms with Crippen LogP contribution in [0.25, 0.3) is 0 Å². The van der Waals surface area contributed by atoms with Crippen molar-refractivity contribution in [2.75, 3.05) is 18.0 Å². The number of aromatic nitrogens is 1. The maximum Gasteiger partial charge on any atom is 0.129 e. The van der Waals surface area contributed by atoms with Crippen LogP contribution in [0.1, 0.15) is 25.0 Å². The molecule has 1 aromatic heterocycles. The molecule has 2 nitrogen and oxygen atoms in total. The van der Waals surface area contributed by atoms with E-state index in [1.807, 2.05) is 18.2 Å². The smallest absolute Gasteiger partial charge is 0.129 e. The van der Waals surface area contributed by atoms with Gasteiger partial charge in [0, 0.05) is 13.1 Å². The standard InChI is InChI=1S/C12H14N2/c1-2-11-7-6-8-12(13-11)14-9-4-3-5-10-14/h1,6-8H,3-5,9-10H2. The summed E-state index contributed by atoms with van der Waals surface area (Å²) in [5.41, 5.74) is 0.730. The summed E-state index contributed by atoms with van der Waals surface area (Å²) in [4.78, 5) is 6.71. The molecular weight excluding hydrogens is 172 g/mol. The van der Waals surface area contributed by atoms with Crippen LogP contribution in [0.3, 0.4) is 0 Å². The normalized spacial score (nSPS) is 16.4. The molecule has 72 valence electrons. The van der Waals surface area contributed by atoms with Gasteiger partial charge >= 0.3 is 0 Å². The summed E-state index contributed by atoms with van der Waals surface area (Å²) in [7, 11) is 0. The Morgan fingerprint density at radius 3 is 2.71 bits per heavy atom. The molecule has 1 saturated heterocycles. The first-order valence-electron chi connectivity index (χ1n) is 5.09. The minimum atomic E-state index is 0.730. The van der Waals surface area contributed by atoms with E-state index < -0.39 is 0 Å². The Kier molecular flexibility index (Phi) is 2.69. The van der Waals surface area contributed by atoms with E-state index in [9.17, 15) is 0 Å². The second-order valence-corrected chi connectivity index (χ2v) is 3.57. The van der Waals surface area contributed by atoms with Crippen LogP contribution >= 0.6 is 0 Å². The second kappa shape index (κ2) is 4.15. The molecule has 1 aliphatic rings. The summed E-state index contributed by atoms with van der Waals surface area (Å²) in [6.45, 7) is 2.22. The molecule has 0 atom stereocenters.